The molecule has 0 bridgehead atoms. The number of nitrogens with two attached hydrogens (primary N) is 1. The van der Waals surface area contributed by atoms with Crippen molar-refractivity contribution < 1.29 is 14.7 Å². The third-order valence-electron chi connectivity index (χ3n) is 4.00. The molecular formula is C15H16IN5O3. The van der Waals surface area contributed by atoms with Crippen LogP contribution in [0.4, 0.5) is 10.6 Å². The van der Waals surface area contributed by atoms with Crippen molar-refractivity contribution in [3.63, 3.8) is 0 Å². The second kappa shape index (κ2) is 6.75. The summed E-state index contributed by atoms with van der Waals surface area (Å²) < 4.78 is 0.850. The maximum Gasteiger partial charge on any atom is 0.407 e. The van der Waals surface area contributed by atoms with Gasteiger partial charge < -0.3 is 21.1 Å². The van der Waals surface area contributed by atoms with Crippen LogP contribution in [0.25, 0.3) is 10.9 Å². The summed E-state index contributed by atoms with van der Waals surface area (Å²) >= 11 is 2.11. The van der Waals surface area contributed by atoms with Crippen molar-refractivity contribution in [2.45, 2.75) is 18.9 Å². The number of halogens is 1. The lowest BCUT2D eigenvalue weighted by atomic mass is 10.1. The van der Waals surface area contributed by atoms with Gasteiger partial charge in [-0.25, -0.2) is 14.8 Å². The van der Waals surface area contributed by atoms with Crippen molar-refractivity contribution in [1.82, 2.24) is 14.9 Å². The first-order valence-corrected chi connectivity index (χ1v) is 8.52. The van der Waals surface area contributed by atoms with E-state index in [2.05, 4.69) is 37.9 Å². The average molecular weight is 441 g/mol. The Balaban J connectivity index is 1.95. The van der Waals surface area contributed by atoms with E-state index in [1.165, 1.54) is 11.2 Å². The first kappa shape index (κ1) is 16.7. The summed E-state index contributed by atoms with van der Waals surface area (Å²) in [6.45, 7) is 0.940. The molecule has 1 aliphatic rings. The van der Waals surface area contributed by atoms with Crippen molar-refractivity contribution in [2.24, 2.45) is 5.73 Å². The lowest BCUT2D eigenvalue weighted by Gasteiger charge is -2.31. The molecule has 1 aliphatic heterocycles. The maximum absolute atomic E-state index is 11.7. The van der Waals surface area contributed by atoms with Crippen molar-refractivity contribution in [1.29, 1.82) is 0 Å². The Bertz CT molecular complexity index is 813. The van der Waals surface area contributed by atoms with E-state index in [1.54, 1.807) is 6.07 Å². The van der Waals surface area contributed by atoms with E-state index in [9.17, 15) is 9.59 Å². The van der Waals surface area contributed by atoms with Gasteiger partial charge >= 0.3 is 6.09 Å². The molecule has 4 N–H and O–H groups in total. The number of carbonyl (C=O) groups excluding carboxylic acids is 1. The highest BCUT2D eigenvalue weighted by atomic mass is 127. The Labute approximate surface area is 151 Å². The molecule has 2 heterocycles. The van der Waals surface area contributed by atoms with Crippen LogP contribution in [0.2, 0.25) is 0 Å². The number of nitrogens with one attached hydrogen (secondary N) is 1. The topological polar surface area (TPSA) is 121 Å². The number of hydrogen-bond donors (Lipinski definition) is 3. The number of benzene rings is 1. The second-order valence-corrected chi connectivity index (χ2v) is 6.89. The molecule has 24 heavy (non-hydrogen) atoms. The average Bonchev–Trinajstić information content (AvgIpc) is 2.55. The fourth-order valence-corrected chi connectivity index (χ4v) is 3.52. The van der Waals surface area contributed by atoms with E-state index in [0.717, 1.165) is 16.4 Å². The van der Waals surface area contributed by atoms with E-state index in [-0.39, 0.29) is 6.04 Å². The second-order valence-electron chi connectivity index (χ2n) is 5.65. The largest absolute Gasteiger partial charge is 0.465 e. The number of hydrogen-bond acceptors (Lipinski definition) is 5. The van der Waals surface area contributed by atoms with Crippen LogP contribution in [0, 0.1) is 3.57 Å². The standard InChI is InChI=1S/C15H16IN5O3/c16-8-4-10(13(17)22)12-11(5-8)14(19-7-18-12)20-9-2-1-3-21(6-9)15(23)24/h4-5,7,9H,1-3,6H2,(H2,17,22)(H,23,24)(H,18,19,20). The molecule has 1 atom stereocenters. The van der Waals surface area contributed by atoms with E-state index in [0.29, 0.717) is 35.4 Å². The van der Waals surface area contributed by atoms with Gasteiger partial charge in [-0.3, -0.25) is 4.79 Å². The van der Waals surface area contributed by atoms with Crippen molar-refractivity contribution in [3.05, 3.63) is 27.6 Å². The van der Waals surface area contributed by atoms with Gasteiger partial charge in [-0.15, -0.1) is 0 Å². The first-order chi connectivity index (χ1) is 11.5. The van der Waals surface area contributed by atoms with Crippen LogP contribution in [-0.2, 0) is 0 Å². The molecule has 8 nitrogen and oxygen atoms in total. The number of anilines is 1. The number of piperidine rings is 1. The fourth-order valence-electron chi connectivity index (χ4n) is 2.90. The van der Waals surface area contributed by atoms with E-state index in [4.69, 9.17) is 10.8 Å². The third-order valence-corrected chi connectivity index (χ3v) is 4.62. The fraction of sp³-hybridized carbons (Fsp3) is 0.333. The zero-order chi connectivity index (χ0) is 17.3. The minimum atomic E-state index is -0.917. The number of primary amides is 1. The Kier molecular flexibility index (Phi) is 4.69. The summed E-state index contributed by atoms with van der Waals surface area (Å²) in [6.07, 6.45) is 2.10. The Morgan fingerprint density at radius 2 is 2.17 bits per heavy atom. The minimum Gasteiger partial charge on any atom is -0.465 e. The molecule has 1 fully saturated rings. The van der Waals surface area contributed by atoms with Crippen molar-refractivity contribution >= 4 is 51.3 Å². The summed E-state index contributed by atoms with van der Waals surface area (Å²) in [5, 5.41) is 13.1. The SMILES string of the molecule is NC(=O)c1cc(I)cc2c(NC3CCCN(C(=O)O)C3)ncnc12. The number of fused-ring (bicyclic) bond motifs is 1. The third kappa shape index (κ3) is 3.35. The molecule has 2 aromatic rings. The maximum atomic E-state index is 11.7. The number of amides is 2. The highest BCUT2D eigenvalue weighted by Gasteiger charge is 2.24. The number of nitrogens with zero attached hydrogens (tertiary/aromatic N) is 3. The summed E-state index contributed by atoms with van der Waals surface area (Å²) in [5.74, 6) is 0.0381. The highest BCUT2D eigenvalue weighted by molar-refractivity contribution is 14.1. The van der Waals surface area contributed by atoms with Gasteiger partial charge in [-0.2, -0.15) is 0 Å². The van der Waals surface area contributed by atoms with Gasteiger partial charge in [-0.1, -0.05) is 0 Å². The Morgan fingerprint density at radius 3 is 2.88 bits per heavy atom. The first-order valence-electron chi connectivity index (χ1n) is 7.44. The molecule has 1 saturated heterocycles. The number of carboxylic acid groups (broad SMARTS) is 1. The van der Waals surface area contributed by atoms with Gasteiger partial charge in [0, 0.05) is 28.1 Å². The van der Waals surface area contributed by atoms with Crippen LogP contribution < -0.4 is 11.1 Å². The molecule has 1 aromatic heterocycles. The summed E-state index contributed by atoms with van der Waals surface area (Å²) in [4.78, 5) is 32.6. The Hall–Kier alpha value is -2.17. The predicted octanol–water partition coefficient (Wildman–Crippen LogP) is 1.89. The van der Waals surface area contributed by atoms with Crippen LogP contribution in [-0.4, -0.2) is 51.1 Å². The van der Waals surface area contributed by atoms with Gasteiger partial charge in [-0.05, 0) is 47.6 Å². The van der Waals surface area contributed by atoms with E-state index in [1.807, 2.05) is 6.07 Å². The highest BCUT2D eigenvalue weighted by Crippen LogP contribution is 2.26. The van der Waals surface area contributed by atoms with Crippen LogP contribution in [0.3, 0.4) is 0 Å². The number of aromatic nitrogens is 2. The zero-order valence-electron chi connectivity index (χ0n) is 12.7. The lowest BCUT2D eigenvalue weighted by Crippen LogP contribution is -2.44. The quantitative estimate of drug-likeness (QED) is 0.626. The Morgan fingerprint density at radius 1 is 1.38 bits per heavy atom. The summed E-state index contributed by atoms with van der Waals surface area (Å²) in [6, 6.07) is 3.53. The molecule has 2 amide bonds. The monoisotopic (exact) mass is 441 g/mol. The lowest BCUT2D eigenvalue weighted by molar-refractivity contribution is 0.100. The molecule has 0 saturated carbocycles. The van der Waals surface area contributed by atoms with Gasteiger partial charge in [0.25, 0.3) is 5.91 Å². The molecule has 0 spiro atoms. The molecule has 0 aliphatic carbocycles. The van der Waals surface area contributed by atoms with Crippen molar-refractivity contribution in [3.8, 4) is 0 Å². The number of likely N-dealkylation sites (tertiary alicyclic amines) is 1. The van der Waals surface area contributed by atoms with E-state index < -0.39 is 12.0 Å². The molecule has 9 heteroatoms. The molecule has 126 valence electrons. The van der Waals surface area contributed by atoms with E-state index >= 15 is 0 Å². The number of carbonyl (C=O) groups is 2. The van der Waals surface area contributed by atoms with Crippen LogP contribution >= 0.6 is 22.6 Å². The van der Waals surface area contributed by atoms with Gasteiger partial charge in [0.15, 0.2) is 0 Å². The molecule has 0 radical (unpaired) electrons. The van der Waals surface area contributed by atoms with Crippen molar-refractivity contribution in [2.75, 3.05) is 18.4 Å². The summed E-state index contributed by atoms with van der Waals surface area (Å²) in [7, 11) is 0. The summed E-state index contributed by atoms with van der Waals surface area (Å²) in [5.41, 5.74) is 6.28. The van der Waals surface area contributed by atoms with Crippen LogP contribution in [0.1, 0.15) is 23.2 Å². The number of rotatable bonds is 3. The normalized spacial score (nSPS) is 17.7. The molecule has 3 rings (SSSR count). The van der Waals surface area contributed by atoms with Crippen LogP contribution in [0.15, 0.2) is 18.5 Å². The molecular weight excluding hydrogens is 425 g/mol. The smallest absolute Gasteiger partial charge is 0.407 e. The van der Waals surface area contributed by atoms with Gasteiger partial charge in [0.1, 0.15) is 12.1 Å². The van der Waals surface area contributed by atoms with Crippen LogP contribution in [0.5, 0.6) is 0 Å². The van der Waals surface area contributed by atoms with Gasteiger partial charge in [0.2, 0.25) is 0 Å². The molecule has 1 unspecified atom stereocenters. The minimum absolute atomic E-state index is 0.0390. The predicted molar refractivity (Wildman–Crippen MR) is 97.0 cm³/mol. The zero-order valence-corrected chi connectivity index (χ0v) is 14.9. The van der Waals surface area contributed by atoms with Gasteiger partial charge in [0.05, 0.1) is 11.1 Å². The molecule has 1 aromatic carbocycles.